The summed E-state index contributed by atoms with van der Waals surface area (Å²) >= 11 is 1.41. The Balaban J connectivity index is 2.03. The molecule has 0 saturated heterocycles. The highest BCUT2D eigenvalue weighted by atomic mass is 32.1. The van der Waals surface area contributed by atoms with Crippen molar-refractivity contribution in [3.8, 4) is 23.5 Å². The predicted molar refractivity (Wildman–Crippen MR) is 91.2 cm³/mol. The van der Waals surface area contributed by atoms with Gasteiger partial charge in [-0.1, -0.05) is 36.3 Å². The summed E-state index contributed by atoms with van der Waals surface area (Å²) in [7, 11) is 0. The number of hydrogen-bond acceptors (Lipinski definition) is 4. The number of amides is 1. The van der Waals surface area contributed by atoms with Crippen LogP contribution >= 0.6 is 11.3 Å². The van der Waals surface area contributed by atoms with Gasteiger partial charge in [-0.05, 0) is 5.56 Å². The second-order valence-corrected chi connectivity index (χ2v) is 5.71. The number of carbonyl (C=O) groups excluding carboxylic acids is 1. The molecule has 0 atom stereocenters. The van der Waals surface area contributed by atoms with E-state index in [2.05, 4.69) is 16.2 Å². The van der Waals surface area contributed by atoms with Crippen LogP contribution in [-0.4, -0.2) is 22.0 Å². The number of nitrogens with zero attached hydrogens (tertiary/aromatic N) is 2. The minimum absolute atomic E-state index is 0.104. The molecule has 2 aromatic heterocycles. The largest absolute Gasteiger partial charge is 0.344 e. The Hall–Kier alpha value is -2.91. The molecule has 23 heavy (non-hydrogen) atoms. The number of rotatable bonds is 4. The van der Waals surface area contributed by atoms with Crippen LogP contribution in [0.2, 0.25) is 0 Å². The maximum absolute atomic E-state index is 12.7. The zero-order valence-electron chi connectivity index (χ0n) is 12.2. The third kappa shape index (κ3) is 3.00. The van der Waals surface area contributed by atoms with Gasteiger partial charge < -0.3 is 5.32 Å². The van der Waals surface area contributed by atoms with Gasteiger partial charge in [-0.2, -0.15) is 0 Å². The monoisotopic (exact) mass is 323 g/mol. The lowest BCUT2D eigenvalue weighted by atomic mass is 10.1. The molecule has 0 bridgehead atoms. The molecule has 0 radical (unpaired) electrons. The smallest absolute Gasteiger partial charge is 0.263 e. The number of hydrogen-bond donors (Lipinski definition) is 1. The molecular formula is C17H13N3O2S. The summed E-state index contributed by atoms with van der Waals surface area (Å²) in [5.41, 5.74) is 1.56. The zero-order chi connectivity index (χ0) is 16.2. The molecule has 1 aromatic carbocycles. The molecular weight excluding hydrogens is 310 g/mol. The summed E-state index contributed by atoms with van der Waals surface area (Å²) in [6, 6.07) is 9.64. The van der Waals surface area contributed by atoms with Crippen LogP contribution in [0.25, 0.3) is 21.3 Å². The molecule has 2 heterocycles. The second-order valence-electron chi connectivity index (χ2n) is 4.85. The molecule has 0 aliphatic rings. The molecule has 3 aromatic rings. The van der Waals surface area contributed by atoms with E-state index in [0.29, 0.717) is 10.2 Å². The van der Waals surface area contributed by atoms with Crippen LogP contribution in [-0.2, 0) is 11.3 Å². The summed E-state index contributed by atoms with van der Waals surface area (Å²) in [6.45, 7) is 0.0322. The highest BCUT2D eigenvalue weighted by Crippen LogP contribution is 2.30. The number of aromatic nitrogens is 2. The fourth-order valence-corrected chi connectivity index (χ4v) is 3.18. The molecule has 0 spiro atoms. The van der Waals surface area contributed by atoms with E-state index in [1.165, 1.54) is 22.2 Å². The standard InChI is InChI=1S/C17H13N3O2S/c1-2-8-18-14(21)9-20-11-19-16-15(17(20)22)13(10-23-16)12-6-4-3-5-7-12/h1,3-7,10-11H,8-9H2,(H,18,21). The van der Waals surface area contributed by atoms with E-state index < -0.39 is 0 Å². The average Bonchev–Trinajstić information content (AvgIpc) is 3.01. The van der Waals surface area contributed by atoms with Crippen molar-refractivity contribution in [3.05, 3.63) is 52.4 Å². The van der Waals surface area contributed by atoms with Crippen molar-refractivity contribution in [2.45, 2.75) is 6.54 Å². The van der Waals surface area contributed by atoms with Gasteiger partial charge in [-0.3, -0.25) is 14.2 Å². The average molecular weight is 323 g/mol. The molecule has 114 valence electrons. The fourth-order valence-electron chi connectivity index (χ4n) is 2.27. The Morgan fingerprint density at radius 1 is 1.35 bits per heavy atom. The van der Waals surface area contributed by atoms with Gasteiger partial charge in [-0.15, -0.1) is 17.8 Å². The summed E-state index contributed by atoms with van der Waals surface area (Å²) < 4.78 is 1.30. The fraction of sp³-hybridized carbons (Fsp3) is 0.118. The predicted octanol–water partition coefficient (Wildman–Crippen LogP) is 1.87. The summed E-state index contributed by atoms with van der Waals surface area (Å²) in [6.07, 6.45) is 6.49. The van der Waals surface area contributed by atoms with Crippen molar-refractivity contribution in [1.82, 2.24) is 14.9 Å². The van der Waals surface area contributed by atoms with Gasteiger partial charge in [0, 0.05) is 10.9 Å². The summed E-state index contributed by atoms with van der Waals surface area (Å²) in [5.74, 6) is 2.00. The topological polar surface area (TPSA) is 64.0 Å². The van der Waals surface area contributed by atoms with E-state index in [9.17, 15) is 9.59 Å². The maximum Gasteiger partial charge on any atom is 0.263 e. The maximum atomic E-state index is 12.7. The molecule has 1 amide bonds. The lowest BCUT2D eigenvalue weighted by molar-refractivity contribution is -0.121. The highest BCUT2D eigenvalue weighted by Gasteiger charge is 2.14. The quantitative estimate of drug-likeness (QED) is 0.746. The van der Waals surface area contributed by atoms with Gasteiger partial charge in [0.15, 0.2) is 0 Å². The summed E-state index contributed by atoms with van der Waals surface area (Å²) in [4.78, 5) is 29.4. The molecule has 3 rings (SSSR count). The minimum Gasteiger partial charge on any atom is -0.344 e. The molecule has 0 aliphatic carbocycles. The van der Waals surface area contributed by atoms with E-state index in [4.69, 9.17) is 6.42 Å². The van der Waals surface area contributed by atoms with Gasteiger partial charge >= 0.3 is 0 Å². The Bertz CT molecular complexity index is 951. The van der Waals surface area contributed by atoms with E-state index in [1.54, 1.807) is 0 Å². The molecule has 1 N–H and O–H groups in total. The van der Waals surface area contributed by atoms with Crippen LogP contribution in [0, 0.1) is 12.3 Å². The van der Waals surface area contributed by atoms with Gasteiger partial charge in [0.1, 0.15) is 11.4 Å². The van der Waals surface area contributed by atoms with E-state index in [-0.39, 0.29) is 24.6 Å². The number of nitrogens with one attached hydrogen (secondary N) is 1. The molecule has 5 nitrogen and oxygen atoms in total. The van der Waals surface area contributed by atoms with Crippen molar-refractivity contribution in [3.63, 3.8) is 0 Å². The first-order valence-corrected chi connectivity index (χ1v) is 7.81. The van der Waals surface area contributed by atoms with E-state index in [0.717, 1.165) is 11.1 Å². The number of carbonyl (C=O) groups is 1. The van der Waals surface area contributed by atoms with Gasteiger partial charge in [0.25, 0.3) is 5.56 Å². The number of benzene rings is 1. The van der Waals surface area contributed by atoms with Crippen molar-refractivity contribution < 1.29 is 4.79 Å². The lowest BCUT2D eigenvalue weighted by Crippen LogP contribution is -2.32. The minimum atomic E-state index is -0.317. The molecule has 6 heteroatoms. The van der Waals surface area contributed by atoms with Gasteiger partial charge in [0.05, 0.1) is 18.3 Å². The summed E-state index contributed by atoms with van der Waals surface area (Å²) in [5, 5.41) is 4.99. The van der Waals surface area contributed by atoms with Gasteiger partial charge in [0.2, 0.25) is 5.91 Å². The molecule has 0 fully saturated rings. The van der Waals surface area contributed by atoms with E-state index in [1.807, 2.05) is 35.7 Å². The van der Waals surface area contributed by atoms with Crippen molar-refractivity contribution in [2.75, 3.05) is 6.54 Å². The number of thiophene rings is 1. The SMILES string of the molecule is C#CCNC(=O)Cn1cnc2scc(-c3ccccc3)c2c1=O. The van der Waals surface area contributed by atoms with Crippen molar-refractivity contribution >= 4 is 27.5 Å². The Morgan fingerprint density at radius 3 is 2.87 bits per heavy atom. The van der Waals surface area contributed by atoms with Crippen LogP contribution in [0.1, 0.15) is 0 Å². The first-order valence-electron chi connectivity index (χ1n) is 6.93. The van der Waals surface area contributed by atoms with Gasteiger partial charge in [-0.25, -0.2) is 4.98 Å². The van der Waals surface area contributed by atoms with Crippen LogP contribution in [0.3, 0.4) is 0 Å². The van der Waals surface area contributed by atoms with Crippen LogP contribution in [0.4, 0.5) is 0 Å². The number of fused-ring (bicyclic) bond motifs is 1. The molecule has 0 saturated carbocycles. The number of terminal acetylenes is 1. The van der Waals surface area contributed by atoms with Crippen molar-refractivity contribution in [1.29, 1.82) is 0 Å². The molecule has 0 unspecified atom stereocenters. The third-order valence-corrected chi connectivity index (χ3v) is 4.23. The normalized spacial score (nSPS) is 10.4. The van der Waals surface area contributed by atoms with Crippen LogP contribution < -0.4 is 10.9 Å². The highest BCUT2D eigenvalue weighted by molar-refractivity contribution is 7.17. The van der Waals surface area contributed by atoms with Crippen LogP contribution in [0.5, 0.6) is 0 Å². The Kier molecular flexibility index (Phi) is 4.22. The van der Waals surface area contributed by atoms with E-state index >= 15 is 0 Å². The Labute approximate surface area is 136 Å². The second kappa shape index (κ2) is 6.46. The first-order chi connectivity index (χ1) is 11.2. The third-order valence-electron chi connectivity index (χ3n) is 3.35. The molecule has 0 aliphatic heterocycles. The van der Waals surface area contributed by atoms with Crippen molar-refractivity contribution in [2.24, 2.45) is 0 Å². The Morgan fingerprint density at radius 2 is 2.13 bits per heavy atom. The lowest BCUT2D eigenvalue weighted by Gasteiger charge is -2.06. The zero-order valence-corrected chi connectivity index (χ0v) is 13.0. The van der Waals surface area contributed by atoms with Crippen LogP contribution in [0.15, 0.2) is 46.8 Å². The first kappa shape index (κ1) is 15.0.